The van der Waals surface area contributed by atoms with Gasteiger partial charge in [-0.1, -0.05) is 97.8 Å². The molecule has 0 aromatic rings. The zero-order valence-electron chi connectivity index (χ0n) is 19.7. The summed E-state index contributed by atoms with van der Waals surface area (Å²) in [5.41, 5.74) is 0. The van der Waals surface area contributed by atoms with Crippen molar-refractivity contribution in [3.8, 4) is 0 Å². The van der Waals surface area contributed by atoms with Crippen molar-refractivity contribution in [2.45, 2.75) is 111 Å². The molecule has 0 saturated carbocycles. The third kappa shape index (κ3) is 18.5. The summed E-state index contributed by atoms with van der Waals surface area (Å²) in [6.07, 6.45) is 16.4. The Kier molecular flexibility index (Phi) is 19.2. The molecule has 0 unspecified atom stereocenters. The summed E-state index contributed by atoms with van der Waals surface area (Å²) in [5.74, 6) is -0.0764. The smallest absolute Gasteiger partial charge is 0.410 e. The molecule has 0 bridgehead atoms. The van der Waals surface area contributed by atoms with Crippen LogP contribution in [0.3, 0.4) is 0 Å². The SMILES string of the molecule is CCCCCCCCCCCCCCCOC(=O)CN(CC)C(=O)OCC(C)C. The lowest BCUT2D eigenvalue weighted by atomic mass is 10.0. The van der Waals surface area contributed by atoms with E-state index >= 15 is 0 Å². The van der Waals surface area contributed by atoms with Crippen LogP contribution in [0.15, 0.2) is 0 Å². The van der Waals surface area contributed by atoms with Crippen molar-refractivity contribution >= 4 is 12.1 Å². The van der Waals surface area contributed by atoms with Crippen LogP contribution in [-0.4, -0.2) is 43.3 Å². The number of hydrogen-bond donors (Lipinski definition) is 0. The van der Waals surface area contributed by atoms with Gasteiger partial charge in [-0.15, -0.1) is 0 Å². The highest BCUT2D eigenvalue weighted by atomic mass is 16.6. The first-order valence-corrected chi connectivity index (χ1v) is 12.1. The van der Waals surface area contributed by atoms with Crippen LogP contribution in [0.25, 0.3) is 0 Å². The van der Waals surface area contributed by atoms with Gasteiger partial charge in [0.2, 0.25) is 0 Å². The first-order valence-electron chi connectivity index (χ1n) is 12.1. The van der Waals surface area contributed by atoms with Gasteiger partial charge in [0.1, 0.15) is 6.54 Å². The molecular weight excluding hydrogens is 366 g/mol. The van der Waals surface area contributed by atoms with Crippen molar-refractivity contribution in [2.75, 3.05) is 26.3 Å². The molecular formula is C24H47NO4. The summed E-state index contributed by atoms with van der Waals surface area (Å²) in [7, 11) is 0. The summed E-state index contributed by atoms with van der Waals surface area (Å²) in [5, 5.41) is 0. The number of carbonyl (C=O) groups is 2. The average molecular weight is 414 g/mol. The summed E-state index contributed by atoms with van der Waals surface area (Å²) in [6, 6.07) is 0. The lowest BCUT2D eigenvalue weighted by Gasteiger charge is -2.20. The number of carbonyl (C=O) groups excluding carboxylic acids is 2. The predicted molar refractivity (Wildman–Crippen MR) is 120 cm³/mol. The number of hydrogen-bond acceptors (Lipinski definition) is 4. The van der Waals surface area contributed by atoms with Gasteiger partial charge in [0.05, 0.1) is 13.2 Å². The average Bonchev–Trinajstić information content (AvgIpc) is 2.70. The third-order valence-electron chi connectivity index (χ3n) is 5.01. The Morgan fingerprint density at radius 2 is 1.21 bits per heavy atom. The maximum atomic E-state index is 11.9. The van der Waals surface area contributed by atoms with Gasteiger partial charge in [0.15, 0.2) is 0 Å². The molecule has 0 N–H and O–H groups in total. The topological polar surface area (TPSA) is 55.8 Å². The van der Waals surface area contributed by atoms with E-state index in [-0.39, 0.29) is 18.4 Å². The van der Waals surface area contributed by atoms with E-state index in [0.29, 0.717) is 19.8 Å². The quantitative estimate of drug-likeness (QED) is 0.174. The van der Waals surface area contributed by atoms with E-state index < -0.39 is 6.09 Å². The number of esters is 1. The van der Waals surface area contributed by atoms with Gasteiger partial charge in [-0.3, -0.25) is 9.69 Å². The Balaban J connectivity index is 3.51. The van der Waals surface area contributed by atoms with Gasteiger partial charge in [-0.2, -0.15) is 0 Å². The van der Waals surface area contributed by atoms with Crippen molar-refractivity contribution in [3.05, 3.63) is 0 Å². The minimum absolute atomic E-state index is 0.0358. The van der Waals surface area contributed by atoms with Crippen molar-refractivity contribution in [3.63, 3.8) is 0 Å². The normalized spacial score (nSPS) is 10.9. The standard InChI is InChI=1S/C24H47NO4/c1-5-7-8-9-10-11-12-13-14-15-16-17-18-19-28-23(26)20-25(6-2)24(27)29-21-22(3)4/h22H,5-21H2,1-4H3. The minimum atomic E-state index is -0.445. The highest BCUT2D eigenvalue weighted by Gasteiger charge is 2.17. The fourth-order valence-electron chi connectivity index (χ4n) is 3.14. The van der Waals surface area contributed by atoms with Crippen LogP contribution in [0.4, 0.5) is 4.79 Å². The van der Waals surface area contributed by atoms with Gasteiger partial charge in [0.25, 0.3) is 0 Å². The van der Waals surface area contributed by atoms with Crippen LogP contribution >= 0.6 is 0 Å². The fraction of sp³-hybridized carbons (Fsp3) is 0.917. The highest BCUT2D eigenvalue weighted by molar-refractivity contribution is 5.78. The van der Waals surface area contributed by atoms with Crippen molar-refractivity contribution in [1.82, 2.24) is 4.90 Å². The Bertz CT molecular complexity index is 398. The predicted octanol–water partition coefficient (Wildman–Crippen LogP) is 6.74. The van der Waals surface area contributed by atoms with E-state index in [4.69, 9.17) is 9.47 Å². The first-order chi connectivity index (χ1) is 14.0. The lowest BCUT2D eigenvalue weighted by Crippen LogP contribution is -2.37. The molecule has 5 nitrogen and oxygen atoms in total. The number of rotatable bonds is 19. The maximum Gasteiger partial charge on any atom is 0.410 e. The largest absolute Gasteiger partial charge is 0.464 e. The van der Waals surface area contributed by atoms with Crippen molar-refractivity contribution < 1.29 is 19.1 Å². The molecule has 0 aliphatic heterocycles. The summed E-state index contributed by atoms with van der Waals surface area (Å²) < 4.78 is 10.4. The molecule has 0 aliphatic carbocycles. The van der Waals surface area contributed by atoms with Crippen LogP contribution < -0.4 is 0 Å². The van der Waals surface area contributed by atoms with E-state index in [0.717, 1.165) is 12.8 Å². The number of ether oxygens (including phenoxy) is 2. The van der Waals surface area contributed by atoms with Crippen molar-refractivity contribution in [1.29, 1.82) is 0 Å². The Morgan fingerprint density at radius 3 is 1.66 bits per heavy atom. The van der Waals surface area contributed by atoms with E-state index in [1.807, 2.05) is 20.8 Å². The Morgan fingerprint density at radius 1 is 0.724 bits per heavy atom. The number of nitrogens with zero attached hydrogens (tertiary/aromatic N) is 1. The Hall–Kier alpha value is -1.26. The number of unbranched alkanes of at least 4 members (excludes halogenated alkanes) is 12. The zero-order chi connectivity index (χ0) is 21.7. The molecule has 5 heteroatoms. The third-order valence-corrected chi connectivity index (χ3v) is 5.01. The summed E-state index contributed by atoms with van der Waals surface area (Å²) in [4.78, 5) is 25.2. The molecule has 0 aromatic heterocycles. The second kappa shape index (κ2) is 20.0. The molecule has 0 aliphatic rings. The van der Waals surface area contributed by atoms with Gasteiger partial charge in [0, 0.05) is 6.54 Å². The molecule has 1 amide bonds. The van der Waals surface area contributed by atoms with E-state index in [9.17, 15) is 9.59 Å². The van der Waals surface area contributed by atoms with Crippen molar-refractivity contribution in [2.24, 2.45) is 5.92 Å². The second-order valence-electron chi connectivity index (χ2n) is 8.45. The zero-order valence-corrected chi connectivity index (χ0v) is 19.7. The summed E-state index contributed by atoms with van der Waals surface area (Å²) >= 11 is 0. The second-order valence-corrected chi connectivity index (χ2v) is 8.45. The van der Waals surface area contributed by atoms with Crippen LogP contribution in [0.2, 0.25) is 0 Å². The monoisotopic (exact) mass is 413 g/mol. The van der Waals surface area contributed by atoms with Crippen LogP contribution in [0.5, 0.6) is 0 Å². The van der Waals surface area contributed by atoms with Crippen LogP contribution in [0, 0.1) is 5.92 Å². The van der Waals surface area contributed by atoms with Gasteiger partial charge in [-0.25, -0.2) is 4.79 Å². The molecule has 29 heavy (non-hydrogen) atoms. The molecule has 0 heterocycles. The van der Waals surface area contributed by atoms with E-state index in [2.05, 4.69) is 6.92 Å². The number of amides is 1. The van der Waals surface area contributed by atoms with Gasteiger partial charge >= 0.3 is 12.1 Å². The molecule has 0 rings (SSSR count). The first kappa shape index (κ1) is 27.7. The molecule has 0 saturated heterocycles. The molecule has 0 spiro atoms. The summed E-state index contributed by atoms with van der Waals surface area (Å²) in [6.45, 7) is 9.25. The molecule has 0 atom stereocenters. The van der Waals surface area contributed by atoms with Crippen LogP contribution in [-0.2, 0) is 14.3 Å². The number of likely N-dealkylation sites (N-methyl/N-ethyl adjacent to an activating group) is 1. The fourth-order valence-corrected chi connectivity index (χ4v) is 3.14. The highest BCUT2D eigenvalue weighted by Crippen LogP contribution is 2.12. The van der Waals surface area contributed by atoms with Gasteiger partial charge in [-0.05, 0) is 19.3 Å². The molecule has 0 radical (unpaired) electrons. The minimum Gasteiger partial charge on any atom is -0.464 e. The molecule has 172 valence electrons. The molecule has 0 aromatic carbocycles. The van der Waals surface area contributed by atoms with Gasteiger partial charge < -0.3 is 9.47 Å². The lowest BCUT2D eigenvalue weighted by molar-refractivity contribution is -0.144. The van der Waals surface area contributed by atoms with E-state index in [1.54, 1.807) is 0 Å². The maximum absolute atomic E-state index is 11.9. The molecule has 0 fully saturated rings. The Labute approximate surface area is 179 Å². The van der Waals surface area contributed by atoms with Crippen LogP contribution in [0.1, 0.15) is 111 Å². The van der Waals surface area contributed by atoms with E-state index in [1.165, 1.54) is 75.5 Å².